The third-order valence-electron chi connectivity index (χ3n) is 5.21. The number of rotatable bonds is 10. The number of hydrogen-bond donors (Lipinski definition) is 4. The minimum atomic E-state index is -1.31. The number of carboxylic acids is 2. The first kappa shape index (κ1) is 26.0. The number of fused-ring (bicyclic) bond motifs is 1. The van der Waals surface area contributed by atoms with E-state index >= 15 is 0 Å². The number of hydrogen-bond acceptors (Lipinski definition) is 12. The Morgan fingerprint density at radius 1 is 1.32 bits per heavy atom. The number of oxime groups is 1. The van der Waals surface area contributed by atoms with Gasteiger partial charge in [0.25, 0.3) is 11.8 Å². The second kappa shape index (κ2) is 10.9. The average Bonchev–Trinajstić information content (AvgIpc) is 3.29. The van der Waals surface area contributed by atoms with E-state index in [9.17, 15) is 29.4 Å². The Hall–Kier alpha value is -4.12. The molecule has 0 bridgehead atoms. The molecule has 37 heavy (non-hydrogen) atoms. The Morgan fingerprint density at radius 3 is 2.78 bits per heavy atom. The molecule has 15 nitrogen and oxygen atoms in total. The molecule has 1 fully saturated rings. The summed E-state index contributed by atoms with van der Waals surface area (Å²) in [5.41, 5.74) is 0.302. The lowest BCUT2D eigenvalue weighted by molar-refractivity contribution is -0.150. The number of phenolic OH excluding ortho intramolecular Hbond substituents is 1. The van der Waals surface area contributed by atoms with E-state index in [-0.39, 0.29) is 39.4 Å². The van der Waals surface area contributed by atoms with Crippen LogP contribution in [0.4, 0.5) is 0 Å². The first-order chi connectivity index (χ1) is 17.7. The quantitative estimate of drug-likeness (QED) is 0.126. The van der Waals surface area contributed by atoms with Crippen LogP contribution in [0, 0.1) is 0 Å². The predicted octanol–water partition coefficient (Wildman–Crippen LogP) is -0.655. The molecule has 17 heteroatoms. The van der Waals surface area contributed by atoms with Gasteiger partial charge in [-0.1, -0.05) is 29.1 Å². The van der Waals surface area contributed by atoms with Crippen molar-refractivity contribution in [1.29, 1.82) is 0 Å². The molecule has 2 atom stereocenters. The van der Waals surface area contributed by atoms with Gasteiger partial charge < -0.3 is 25.5 Å². The molecule has 2 aliphatic rings. The number of aromatic hydroxyl groups is 1. The van der Waals surface area contributed by atoms with Crippen LogP contribution in [-0.4, -0.2) is 99.9 Å². The maximum absolute atomic E-state index is 13.0. The highest BCUT2D eigenvalue weighted by Crippen LogP contribution is 2.41. The highest BCUT2D eigenvalue weighted by molar-refractivity contribution is 8.01. The van der Waals surface area contributed by atoms with Gasteiger partial charge in [-0.2, -0.15) is 0 Å². The van der Waals surface area contributed by atoms with Crippen LogP contribution in [0.5, 0.6) is 5.75 Å². The molecule has 2 aromatic rings. The molecule has 3 heterocycles. The van der Waals surface area contributed by atoms with Crippen molar-refractivity contribution >= 4 is 53.0 Å². The number of amides is 2. The molecule has 0 saturated carbocycles. The molecule has 4 N–H and O–H groups in total. The molecule has 4 rings (SSSR count). The lowest BCUT2D eigenvalue weighted by Crippen LogP contribution is -2.71. The number of phenols is 1. The van der Waals surface area contributed by atoms with Crippen LogP contribution in [0.25, 0.3) is 0 Å². The average molecular weight is 550 g/mol. The number of aliphatic carboxylic acids is 2. The molecular formula is C20H19N7O8S2. The van der Waals surface area contributed by atoms with Crippen molar-refractivity contribution in [3.05, 3.63) is 41.1 Å². The maximum Gasteiger partial charge on any atom is 0.352 e. The molecule has 1 unspecified atom stereocenters. The van der Waals surface area contributed by atoms with Crippen molar-refractivity contribution in [3.63, 3.8) is 0 Å². The fourth-order valence-corrected chi connectivity index (χ4v) is 6.01. The maximum atomic E-state index is 13.0. The predicted molar refractivity (Wildman–Crippen MR) is 128 cm³/mol. The molecule has 1 saturated heterocycles. The van der Waals surface area contributed by atoms with E-state index in [4.69, 9.17) is 9.94 Å². The van der Waals surface area contributed by atoms with E-state index in [0.29, 0.717) is 5.57 Å². The van der Waals surface area contributed by atoms with Crippen molar-refractivity contribution in [2.45, 2.75) is 23.1 Å². The molecular weight excluding hydrogens is 530 g/mol. The van der Waals surface area contributed by atoms with Gasteiger partial charge in [0.15, 0.2) is 5.71 Å². The monoisotopic (exact) mass is 549 g/mol. The van der Waals surface area contributed by atoms with Crippen molar-refractivity contribution in [2.75, 3.05) is 18.6 Å². The van der Waals surface area contributed by atoms with E-state index in [0.717, 1.165) is 21.3 Å². The number of β-lactam (4-membered cyclic amide) rings is 1. The Balaban J connectivity index is 1.49. The molecule has 1 aromatic heterocycles. The van der Waals surface area contributed by atoms with Crippen LogP contribution in [0.15, 0.2) is 45.8 Å². The lowest BCUT2D eigenvalue weighted by Gasteiger charge is -2.49. The highest BCUT2D eigenvalue weighted by Gasteiger charge is 2.54. The number of carbonyl (C=O) groups is 4. The number of carboxylic acid groups (broad SMARTS) is 2. The van der Waals surface area contributed by atoms with Gasteiger partial charge in [-0.3, -0.25) is 19.3 Å². The zero-order valence-electron chi connectivity index (χ0n) is 19.0. The van der Waals surface area contributed by atoms with Gasteiger partial charge in [0.05, 0.1) is 0 Å². The minimum Gasteiger partial charge on any atom is -0.508 e. The van der Waals surface area contributed by atoms with Crippen molar-refractivity contribution in [1.82, 2.24) is 30.4 Å². The van der Waals surface area contributed by atoms with E-state index < -0.39 is 41.7 Å². The van der Waals surface area contributed by atoms with E-state index in [1.54, 1.807) is 0 Å². The number of benzene rings is 1. The van der Waals surface area contributed by atoms with E-state index in [1.807, 2.05) is 0 Å². The normalized spacial score (nSPS) is 19.2. The Labute approximate surface area is 216 Å². The van der Waals surface area contributed by atoms with Crippen LogP contribution < -0.4 is 5.32 Å². The Kier molecular flexibility index (Phi) is 7.63. The molecule has 2 aliphatic heterocycles. The summed E-state index contributed by atoms with van der Waals surface area (Å²) < 4.78 is 1.07. The zero-order chi connectivity index (χ0) is 26.7. The number of nitrogens with zero attached hydrogens (tertiary/aromatic N) is 6. The minimum absolute atomic E-state index is 0.0959. The third-order valence-corrected chi connectivity index (χ3v) is 7.60. The largest absolute Gasteiger partial charge is 0.508 e. The Bertz CT molecular complexity index is 1330. The highest BCUT2D eigenvalue weighted by atomic mass is 32.2. The van der Waals surface area contributed by atoms with Gasteiger partial charge >= 0.3 is 11.9 Å². The number of thioether (sulfide) groups is 2. The summed E-state index contributed by atoms with van der Waals surface area (Å²) in [6.45, 7) is -0.458. The smallest absolute Gasteiger partial charge is 0.352 e. The van der Waals surface area contributed by atoms with Crippen LogP contribution in [0.1, 0.15) is 5.56 Å². The van der Waals surface area contributed by atoms with Crippen molar-refractivity contribution in [2.24, 2.45) is 5.16 Å². The molecule has 0 aliphatic carbocycles. The summed E-state index contributed by atoms with van der Waals surface area (Å²) >= 11 is 2.31. The number of tetrazole rings is 1. The van der Waals surface area contributed by atoms with Crippen LogP contribution in [0.2, 0.25) is 0 Å². The molecule has 2 amide bonds. The van der Waals surface area contributed by atoms with Gasteiger partial charge in [0.1, 0.15) is 36.5 Å². The number of carbonyl (C=O) groups excluding carboxylic acids is 2. The lowest BCUT2D eigenvalue weighted by atomic mass is 10.0. The van der Waals surface area contributed by atoms with E-state index in [2.05, 4.69) is 26.0 Å². The van der Waals surface area contributed by atoms with Gasteiger partial charge in [0, 0.05) is 17.1 Å². The van der Waals surface area contributed by atoms with Crippen LogP contribution in [-0.2, 0) is 30.6 Å². The standard InChI is InChI=1S/C20H19N7O8S2/c1-35-23-13(9-3-2-4-11(28)5-9)16(31)21-14-17(32)27-15(19(33)34)10(7-36-18(14)27)8-37-20-22-24-25-26(20)6-12(29)30/h2-5,14,18,28H,6-8H2,1H3,(H,21,31)(H,29,30)(H,33,34)/t14?,18-/m0/s1. The van der Waals surface area contributed by atoms with Gasteiger partial charge in [0.2, 0.25) is 5.16 Å². The van der Waals surface area contributed by atoms with E-state index in [1.165, 1.54) is 43.1 Å². The van der Waals surface area contributed by atoms with Gasteiger partial charge in [-0.15, -0.1) is 16.9 Å². The fraction of sp³-hybridized carbons (Fsp3) is 0.300. The fourth-order valence-electron chi connectivity index (χ4n) is 3.65. The summed E-state index contributed by atoms with van der Waals surface area (Å²) in [7, 11) is 1.24. The first-order valence-electron chi connectivity index (χ1n) is 10.4. The van der Waals surface area contributed by atoms with Gasteiger partial charge in [-0.05, 0) is 28.1 Å². The van der Waals surface area contributed by atoms with Crippen LogP contribution in [0.3, 0.4) is 0 Å². The van der Waals surface area contributed by atoms with Crippen LogP contribution >= 0.6 is 23.5 Å². The summed E-state index contributed by atoms with van der Waals surface area (Å²) in [6.07, 6.45) is 0. The second-order valence-electron chi connectivity index (χ2n) is 7.59. The molecule has 0 radical (unpaired) electrons. The molecule has 194 valence electrons. The van der Waals surface area contributed by atoms with Gasteiger partial charge in [-0.25, -0.2) is 9.48 Å². The number of nitrogens with one attached hydrogen (secondary N) is 1. The molecule has 0 spiro atoms. The first-order valence-corrected chi connectivity index (χ1v) is 12.5. The zero-order valence-corrected chi connectivity index (χ0v) is 20.6. The molecule has 1 aromatic carbocycles. The second-order valence-corrected chi connectivity index (χ2v) is 9.64. The summed E-state index contributed by atoms with van der Waals surface area (Å²) in [5.74, 6) is -3.57. The topological polar surface area (TPSA) is 209 Å². The summed E-state index contributed by atoms with van der Waals surface area (Å²) in [4.78, 5) is 54.7. The third kappa shape index (κ3) is 5.36. The number of aromatic nitrogens is 4. The van der Waals surface area contributed by atoms with Crippen molar-refractivity contribution in [3.8, 4) is 5.75 Å². The van der Waals surface area contributed by atoms with Crippen molar-refractivity contribution < 1.29 is 39.3 Å². The summed E-state index contributed by atoms with van der Waals surface area (Å²) in [5, 5.41) is 45.1. The Morgan fingerprint density at radius 2 is 2.11 bits per heavy atom. The SMILES string of the molecule is CON=C(C(=O)NC1C(=O)N2C(C(=O)O)=C(CSc3nnnn3CC(=O)O)CS[C@@H]12)c1cccc(O)c1. The summed E-state index contributed by atoms with van der Waals surface area (Å²) in [6, 6.07) is 4.76.